The number of aryl methyl sites for hydroxylation is 2. The zero-order chi connectivity index (χ0) is 18.6. The Morgan fingerprint density at radius 1 is 0.963 bits per heavy atom. The maximum atomic E-state index is 12.5. The molecule has 0 saturated carbocycles. The van der Waals surface area contributed by atoms with E-state index in [0.29, 0.717) is 5.56 Å². The van der Waals surface area contributed by atoms with E-state index in [9.17, 15) is 4.79 Å². The van der Waals surface area contributed by atoms with Crippen molar-refractivity contribution in [3.63, 3.8) is 0 Å². The molecule has 1 aliphatic heterocycles. The quantitative estimate of drug-likeness (QED) is 0.741. The first-order valence-electron chi connectivity index (χ1n) is 9.62. The van der Waals surface area contributed by atoms with Crippen LogP contribution in [0, 0.1) is 6.92 Å². The average Bonchev–Trinajstić information content (AvgIpc) is 3.04. The molecule has 2 aromatic carbocycles. The van der Waals surface area contributed by atoms with Crippen LogP contribution in [-0.2, 0) is 13.0 Å². The van der Waals surface area contributed by atoms with E-state index < -0.39 is 0 Å². The maximum Gasteiger partial charge on any atom is 0.255 e. The Bertz CT molecular complexity index is 943. The van der Waals surface area contributed by atoms with Gasteiger partial charge in [0.2, 0.25) is 0 Å². The first-order chi connectivity index (χ1) is 13.2. The summed E-state index contributed by atoms with van der Waals surface area (Å²) in [6, 6.07) is 15.5. The van der Waals surface area contributed by atoms with Crippen LogP contribution < -0.4 is 5.32 Å². The van der Waals surface area contributed by atoms with E-state index in [1.54, 1.807) is 0 Å². The molecular formula is C22H24N4O. The molecule has 0 aliphatic carbocycles. The molecule has 1 aliphatic rings. The number of carbonyl (C=O) groups is 1. The predicted molar refractivity (Wildman–Crippen MR) is 107 cm³/mol. The van der Waals surface area contributed by atoms with Gasteiger partial charge in [0.1, 0.15) is 5.82 Å². The second-order valence-electron chi connectivity index (χ2n) is 7.10. The fourth-order valence-electron chi connectivity index (χ4n) is 3.60. The summed E-state index contributed by atoms with van der Waals surface area (Å²) in [5, 5.41) is 11.8. The van der Waals surface area contributed by atoms with Gasteiger partial charge in [-0.1, -0.05) is 31.0 Å². The van der Waals surface area contributed by atoms with Gasteiger partial charge in [0.05, 0.1) is 0 Å². The molecule has 0 saturated heterocycles. The molecule has 0 atom stereocenters. The van der Waals surface area contributed by atoms with E-state index in [0.717, 1.165) is 41.4 Å². The Balaban J connectivity index is 1.53. The van der Waals surface area contributed by atoms with Crippen molar-refractivity contribution in [2.75, 3.05) is 5.32 Å². The molecule has 4 rings (SSSR count). The number of hydrogen-bond acceptors (Lipinski definition) is 3. The summed E-state index contributed by atoms with van der Waals surface area (Å²) in [7, 11) is 0. The first kappa shape index (κ1) is 17.5. The Hall–Kier alpha value is -2.95. The number of benzene rings is 2. The number of rotatable bonds is 3. The smallest absolute Gasteiger partial charge is 0.255 e. The minimum atomic E-state index is -0.0894. The largest absolute Gasteiger partial charge is 0.322 e. The molecule has 1 aromatic heterocycles. The van der Waals surface area contributed by atoms with Crippen molar-refractivity contribution in [3.05, 3.63) is 65.5 Å². The number of amides is 1. The van der Waals surface area contributed by atoms with Crippen LogP contribution in [0.15, 0.2) is 48.5 Å². The summed E-state index contributed by atoms with van der Waals surface area (Å²) in [4.78, 5) is 12.5. The molecule has 27 heavy (non-hydrogen) atoms. The third-order valence-electron chi connectivity index (χ3n) is 5.15. The summed E-state index contributed by atoms with van der Waals surface area (Å²) in [5.74, 6) is 1.92. The lowest BCUT2D eigenvalue weighted by atomic mass is 10.1. The maximum absolute atomic E-state index is 12.5. The van der Waals surface area contributed by atoms with E-state index in [4.69, 9.17) is 0 Å². The van der Waals surface area contributed by atoms with Crippen molar-refractivity contribution >= 4 is 11.6 Å². The summed E-state index contributed by atoms with van der Waals surface area (Å²) < 4.78 is 2.25. The zero-order valence-corrected chi connectivity index (χ0v) is 15.6. The van der Waals surface area contributed by atoms with Crippen LogP contribution in [0.3, 0.4) is 0 Å². The monoisotopic (exact) mass is 360 g/mol. The van der Waals surface area contributed by atoms with E-state index >= 15 is 0 Å². The van der Waals surface area contributed by atoms with Crippen molar-refractivity contribution in [3.8, 4) is 11.4 Å². The Kier molecular flexibility index (Phi) is 5.01. The van der Waals surface area contributed by atoms with Gasteiger partial charge in [-0.05, 0) is 55.7 Å². The van der Waals surface area contributed by atoms with Crippen molar-refractivity contribution in [2.24, 2.45) is 0 Å². The first-order valence-corrected chi connectivity index (χ1v) is 9.62. The van der Waals surface area contributed by atoms with Gasteiger partial charge in [0.25, 0.3) is 5.91 Å². The molecule has 5 heteroatoms. The highest BCUT2D eigenvalue weighted by Gasteiger charge is 2.15. The van der Waals surface area contributed by atoms with Gasteiger partial charge >= 0.3 is 0 Å². The van der Waals surface area contributed by atoms with Crippen molar-refractivity contribution in [1.29, 1.82) is 0 Å². The van der Waals surface area contributed by atoms with Crippen LogP contribution in [0.2, 0.25) is 0 Å². The van der Waals surface area contributed by atoms with E-state index in [-0.39, 0.29) is 5.91 Å². The molecule has 5 nitrogen and oxygen atoms in total. The van der Waals surface area contributed by atoms with Crippen LogP contribution in [0.1, 0.15) is 47.4 Å². The third kappa shape index (κ3) is 3.77. The molecule has 1 N–H and O–H groups in total. The SMILES string of the molecule is Cc1ccccc1C(=O)Nc1ccc(-c2nnc3n2CCCCCC3)cc1. The lowest BCUT2D eigenvalue weighted by Gasteiger charge is -2.13. The van der Waals surface area contributed by atoms with Gasteiger partial charge in [0.15, 0.2) is 5.82 Å². The molecule has 138 valence electrons. The second-order valence-corrected chi connectivity index (χ2v) is 7.10. The van der Waals surface area contributed by atoms with Crippen molar-refractivity contribution in [2.45, 2.75) is 45.6 Å². The number of carbonyl (C=O) groups excluding carboxylic acids is 1. The van der Waals surface area contributed by atoms with Gasteiger partial charge in [-0.15, -0.1) is 10.2 Å². The molecule has 3 aromatic rings. The van der Waals surface area contributed by atoms with Gasteiger partial charge in [-0.25, -0.2) is 0 Å². The number of anilines is 1. The second kappa shape index (κ2) is 7.74. The molecule has 0 radical (unpaired) electrons. The highest BCUT2D eigenvalue weighted by molar-refractivity contribution is 6.05. The van der Waals surface area contributed by atoms with Crippen LogP contribution in [0.25, 0.3) is 11.4 Å². The average molecular weight is 360 g/mol. The van der Waals surface area contributed by atoms with E-state index in [2.05, 4.69) is 20.1 Å². The highest BCUT2D eigenvalue weighted by atomic mass is 16.1. The zero-order valence-electron chi connectivity index (χ0n) is 15.6. The Morgan fingerprint density at radius 2 is 1.74 bits per heavy atom. The van der Waals surface area contributed by atoms with Crippen LogP contribution >= 0.6 is 0 Å². The summed E-state index contributed by atoms with van der Waals surface area (Å²) in [5.41, 5.74) is 3.47. The summed E-state index contributed by atoms with van der Waals surface area (Å²) in [6.07, 6.45) is 5.89. The van der Waals surface area contributed by atoms with Crippen molar-refractivity contribution < 1.29 is 4.79 Å². The lowest BCUT2D eigenvalue weighted by molar-refractivity contribution is 0.102. The molecule has 0 spiro atoms. The van der Waals surface area contributed by atoms with Gasteiger partial charge in [-0.2, -0.15) is 0 Å². The standard InChI is InChI=1S/C22H24N4O/c1-16-8-5-6-9-19(16)22(27)23-18-13-11-17(12-14-18)21-25-24-20-10-4-2-3-7-15-26(20)21/h5-6,8-9,11-14H,2-4,7,10,15H2,1H3,(H,23,27). The topological polar surface area (TPSA) is 59.8 Å². The third-order valence-corrected chi connectivity index (χ3v) is 5.15. The minimum absolute atomic E-state index is 0.0894. The summed E-state index contributed by atoms with van der Waals surface area (Å²) in [6.45, 7) is 2.92. The van der Waals surface area contributed by atoms with Crippen LogP contribution in [-0.4, -0.2) is 20.7 Å². The molecule has 2 heterocycles. The molecule has 1 amide bonds. The molecular weight excluding hydrogens is 336 g/mol. The molecule has 0 fully saturated rings. The fourth-order valence-corrected chi connectivity index (χ4v) is 3.60. The highest BCUT2D eigenvalue weighted by Crippen LogP contribution is 2.24. The van der Waals surface area contributed by atoms with Gasteiger partial charge < -0.3 is 9.88 Å². The summed E-state index contributed by atoms with van der Waals surface area (Å²) >= 11 is 0. The van der Waals surface area contributed by atoms with Crippen molar-refractivity contribution in [1.82, 2.24) is 14.8 Å². The number of hydrogen-bond donors (Lipinski definition) is 1. The normalized spacial score (nSPS) is 14.1. The number of nitrogens with zero attached hydrogens (tertiary/aromatic N) is 3. The van der Waals surface area contributed by atoms with E-state index in [1.165, 1.54) is 25.7 Å². The minimum Gasteiger partial charge on any atom is -0.322 e. The van der Waals surface area contributed by atoms with Crippen LogP contribution in [0.5, 0.6) is 0 Å². The molecule has 0 unspecified atom stereocenters. The van der Waals surface area contributed by atoms with E-state index in [1.807, 2.05) is 55.5 Å². The van der Waals surface area contributed by atoms with Gasteiger partial charge in [0, 0.05) is 29.8 Å². The van der Waals surface area contributed by atoms with Gasteiger partial charge in [-0.3, -0.25) is 4.79 Å². The fraction of sp³-hybridized carbons (Fsp3) is 0.318. The Labute approximate surface area is 159 Å². The molecule has 0 bridgehead atoms. The van der Waals surface area contributed by atoms with Crippen LogP contribution in [0.4, 0.5) is 5.69 Å². The lowest BCUT2D eigenvalue weighted by Crippen LogP contribution is -2.13. The Morgan fingerprint density at radius 3 is 2.56 bits per heavy atom. The number of aromatic nitrogens is 3. The number of fused-ring (bicyclic) bond motifs is 1. The number of nitrogens with one attached hydrogen (secondary N) is 1. The predicted octanol–water partition coefficient (Wildman–Crippen LogP) is 4.62.